The normalized spacial score (nSPS) is 16.2. The smallest absolute Gasteiger partial charge is 0.268 e. The van der Waals surface area contributed by atoms with Gasteiger partial charge >= 0.3 is 0 Å². The van der Waals surface area contributed by atoms with E-state index in [4.69, 9.17) is 0 Å². The fraction of sp³-hybridized carbons (Fsp3) is 0.280. The molecule has 1 fully saturated rings. The number of nitriles is 1. The highest BCUT2D eigenvalue weighted by atomic mass is 19.1. The molecule has 3 N–H and O–H groups in total. The molecule has 1 saturated heterocycles. The number of halogens is 3. The second-order valence-electron chi connectivity index (χ2n) is 8.11. The maximum atomic E-state index is 13.6. The molecule has 0 unspecified atom stereocenters. The Kier molecular flexibility index (Phi) is 8.62. The zero-order valence-electron chi connectivity index (χ0n) is 18.6. The topological polar surface area (TPSA) is 111 Å². The average Bonchev–Trinajstić information content (AvgIpc) is 3.20. The lowest BCUT2D eigenvalue weighted by Gasteiger charge is -2.16. The average molecular weight is 484 g/mol. The third-order valence-corrected chi connectivity index (χ3v) is 5.39. The molecule has 0 bridgehead atoms. The number of benzene rings is 2. The van der Waals surface area contributed by atoms with Crippen LogP contribution < -0.4 is 16.0 Å². The van der Waals surface area contributed by atoms with Crippen LogP contribution in [0.5, 0.6) is 0 Å². The molecule has 182 valence electrons. The van der Waals surface area contributed by atoms with Crippen LogP contribution in [0.25, 0.3) is 6.08 Å². The maximum Gasteiger partial charge on any atom is 0.268 e. The summed E-state index contributed by atoms with van der Waals surface area (Å²) < 4.78 is 40.4. The summed E-state index contributed by atoms with van der Waals surface area (Å²) in [6.07, 6.45) is 1.69. The minimum absolute atomic E-state index is 0.00693. The summed E-state index contributed by atoms with van der Waals surface area (Å²) in [5.74, 6) is -4.15. The standard InChI is InChI=1S/C25H23F3N4O3/c26-18-3-1-2-15(8-18)11-22(25(35)31-21(14-29)12-17-6-7-30-24(17)34)32-23(33)5-4-16-9-19(27)13-20(28)10-16/h1-3,8-11,13,17,21H,4-7,12H2,(H,30,34)(H,31,35)(H,32,33)/t17-,21-/m0/s1. The largest absolute Gasteiger partial charge is 0.356 e. The van der Waals surface area contributed by atoms with Crippen LogP contribution in [0, 0.1) is 34.7 Å². The molecule has 0 radical (unpaired) electrons. The van der Waals surface area contributed by atoms with Gasteiger partial charge in [0.1, 0.15) is 29.2 Å². The molecule has 0 spiro atoms. The van der Waals surface area contributed by atoms with Crippen molar-refractivity contribution in [2.45, 2.75) is 31.7 Å². The molecule has 3 amide bonds. The van der Waals surface area contributed by atoms with E-state index in [0.29, 0.717) is 19.0 Å². The predicted octanol–water partition coefficient (Wildman–Crippen LogP) is 2.73. The summed E-state index contributed by atoms with van der Waals surface area (Å²) in [6, 6.07) is 9.16. The molecule has 1 aliphatic heterocycles. The van der Waals surface area contributed by atoms with Crippen LogP contribution in [0.4, 0.5) is 13.2 Å². The van der Waals surface area contributed by atoms with Gasteiger partial charge < -0.3 is 16.0 Å². The van der Waals surface area contributed by atoms with Crippen molar-refractivity contribution in [1.29, 1.82) is 5.26 Å². The molecule has 3 rings (SSSR count). The van der Waals surface area contributed by atoms with Crippen molar-refractivity contribution in [3.8, 4) is 6.07 Å². The molecular weight excluding hydrogens is 461 g/mol. The van der Waals surface area contributed by atoms with E-state index in [1.54, 1.807) is 0 Å². The summed E-state index contributed by atoms with van der Waals surface area (Å²) in [5, 5.41) is 17.0. The van der Waals surface area contributed by atoms with Crippen molar-refractivity contribution in [3.63, 3.8) is 0 Å². The highest BCUT2D eigenvalue weighted by Crippen LogP contribution is 2.17. The molecule has 10 heteroatoms. The molecule has 2 aromatic rings. The van der Waals surface area contributed by atoms with E-state index < -0.39 is 41.2 Å². The van der Waals surface area contributed by atoms with Crippen molar-refractivity contribution in [1.82, 2.24) is 16.0 Å². The van der Waals surface area contributed by atoms with Gasteiger partial charge in [-0.2, -0.15) is 5.26 Å². The summed E-state index contributed by atoms with van der Waals surface area (Å²) in [5.41, 5.74) is 0.297. The Hall–Kier alpha value is -4.13. The molecule has 0 aromatic heterocycles. The number of hydrogen-bond acceptors (Lipinski definition) is 4. The first-order chi connectivity index (χ1) is 16.7. The quantitative estimate of drug-likeness (QED) is 0.476. The van der Waals surface area contributed by atoms with Gasteiger partial charge in [-0.1, -0.05) is 12.1 Å². The lowest BCUT2D eigenvalue weighted by atomic mass is 9.99. The fourth-order valence-electron chi connectivity index (χ4n) is 3.68. The number of rotatable bonds is 9. The first-order valence-electron chi connectivity index (χ1n) is 10.9. The lowest BCUT2D eigenvalue weighted by Crippen LogP contribution is -2.41. The molecule has 2 aromatic carbocycles. The van der Waals surface area contributed by atoms with E-state index >= 15 is 0 Å². The van der Waals surface area contributed by atoms with Crippen molar-refractivity contribution in [3.05, 3.63) is 76.7 Å². The Morgan fingerprint density at radius 2 is 1.89 bits per heavy atom. The van der Waals surface area contributed by atoms with Crippen LogP contribution >= 0.6 is 0 Å². The van der Waals surface area contributed by atoms with Gasteiger partial charge in [-0.05, 0) is 60.7 Å². The summed E-state index contributed by atoms with van der Waals surface area (Å²) in [6.45, 7) is 0.492. The van der Waals surface area contributed by atoms with Crippen LogP contribution in [-0.4, -0.2) is 30.3 Å². The molecule has 1 aliphatic rings. The van der Waals surface area contributed by atoms with Crippen molar-refractivity contribution in [2.24, 2.45) is 5.92 Å². The van der Waals surface area contributed by atoms with Gasteiger partial charge in [0.2, 0.25) is 11.8 Å². The van der Waals surface area contributed by atoms with E-state index in [9.17, 15) is 32.8 Å². The highest BCUT2D eigenvalue weighted by Gasteiger charge is 2.28. The van der Waals surface area contributed by atoms with Gasteiger partial charge in [0.05, 0.1) is 6.07 Å². The second kappa shape index (κ2) is 11.8. The summed E-state index contributed by atoms with van der Waals surface area (Å²) in [7, 11) is 0. The van der Waals surface area contributed by atoms with Gasteiger partial charge in [0, 0.05) is 24.9 Å². The van der Waals surface area contributed by atoms with Crippen LogP contribution in [0.2, 0.25) is 0 Å². The van der Waals surface area contributed by atoms with E-state index in [1.165, 1.54) is 24.3 Å². The van der Waals surface area contributed by atoms with E-state index in [0.717, 1.165) is 18.2 Å². The summed E-state index contributed by atoms with van der Waals surface area (Å²) >= 11 is 0. The van der Waals surface area contributed by atoms with Crippen LogP contribution in [0.3, 0.4) is 0 Å². The minimum Gasteiger partial charge on any atom is -0.356 e. The third kappa shape index (κ3) is 7.71. The molecule has 0 saturated carbocycles. The predicted molar refractivity (Wildman–Crippen MR) is 120 cm³/mol. The minimum atomic E-state index is -1.00. The molecule has 2 atom stereocenters. The third-order valence-electron chi connectivity index (χ3n) is 5.39. The van der Waals surface area contributed by atoms with Gasteiger partial charge in [0.25, 0.3) is 5.91 Å². The number of carbonyl (C=O) groups is 3. The fourth-order valence-corrected chi connectivity index (χ4v) is 3.68. The van der Waals surface area contributed by atoms with E-state index in [1.807, 2.05) is 6.07 Å². The Morgan fingerprint density at radius 3 is 2.51 bits per heavy atom. The van der Waals surface area contributed by atoms with Crippen LogP contribution in [0.15, 0.2) is 48.2 Å². The Labute approximate surface area is 200 Å². The molecule has 1 heterocycles. The van der Waals surface area contributed by atoms with Crippen molar-refractivity contribution >= 4 is 23.8 Å². The monoisotopic (exact) mass is 484 g/mol. The molecular formula is C25H23F3N4O3. The molecule has 0 aliphatic carbocycles. The summed E-state index contributed by atoms with van der Waals surface area (Å²) in [4.78, 5) is 37.3. The Morgan fingerprint density at radius 1 is 1.14 bits per heavy atom. The van der Waals surface area contributed by atoms with Crippen molar-refractivity contribution in [2.75, 3.05) is 6.54 Å². The first kappa shape index (κ1) is 25.5. The van der Waals surface area contributed by atoms with E-state index in [2.05, 4.69) is 16.0 Å². The zero-order chi connectivity index (χ0) is 25.4. The van der Waals surface area contributed by atoms with Crippen LogP contribution in [0.1, 0.15) is 30.4 Å². The van der Waals surface area contributed by atoms with Gasteiger partial charge in [-0.25, -0.2) is 13.2 Å². The number of hydrogen-bond donors (Lipinski definition) is 3. The Balaban J connectivity index is 1.72. The lowest BCUT2D eigenvalue weighted by molar-refractivity contribution is -0.124. The number of nitrogens with one attached hydrogen (secondary N) is 3. The van der Waals surface area contributed by atoms with Crippen LogP contribution in [-0.2, 0) is 20.8 Å². The number of carbonyl (C=O) groups excluding carboxylic acids is 3. The second-order valence-corrected chi connectivity index (χ2v) is 8.11. The van der Waals surface area contributed by atoms with Gasteiger partial charge in [0.15, 0.2) is 0 Å². The first-order valence-corrected chi connectivity index (χ1v) is 10.9. The maximum absolute atomic E-state index is 13.6. The van der Waals surface area contributed by atoms with E-state index in [-0.39, 0.29) is 42.0 Å². The number of nitrogens with zero attached hydrogens (tertiary/aromatic N) is 1. The van der Waals surface area contributed by atoms with Gasteiger partial charge in [-0.15, -0.1) is 0 Å². The van der Waals surface area contributed by atoms with Gasteiger partial charge in [-0.3, -0.25) is 14.4 Å². The Bertz CT molecular complexity index is 1170. The SMILES string of the molecule is N#C[C@H](C[C@@H]1CCNC1=O)NC(=O)C(=Cc1cccc(F)c1)NC(=O)CCc1cc(F)cc(F)c1. The molecule has 7 nitrogen and oxygen atoms in total. The van der Waals surface area contributed by atoms with Crippen molar-refractivity contribution < 1.29 is 27.6 Å². The zero-order valence-corrected chi connectivity index (χ0v) is 18.6. The number of aryl methyl sites for hydroxylation is 1. The number of amides is 3. The highest BCUT2D eigenvalue weighted by molar-refractivity contribution is 6.01. The molecule has 35 heavy (non-hydrogen) atoms.